The van der Waals surface area contributed by atoms with Gasteiger partial charge in [-0.1, -0.05) is 18.2 Å². The van der Waals surface area contributed by atoms with E-state index in [9.17, 15) is 9.90 Å². The zero-order valence-electron chi connectivity index (χ0n) is 17.4. The molecule has 2 fully saturated rings. The summed E-state index contributed by atoms with van der Waals surface area (Å²) >= 11 is 0. The van der Waals surface area contributed by atoms with Crippen molar-refractivity contribution in [2.24, 2.45) is 0 Å². The van der Waals surface area contributed by atoms with E-state index in [-0.39, 0.29) is 18.0 Å². The molecule has 0 spiro atoms. The van der Waals surface area contributed by atoms with E-state index in [1.807, 2.05) is 42.8 Å². The molecule has 1 amide bonds. The van der Waals surface area contributed by atoms with Crippen molar-refractivity contribution in [1.29, 1.82) is 0 Å². The Hall–Kier alpha value is -1.92. The van der Waals surface area contributed by atoms with Crippen LogP contribution in [0, 0.1) is 0 Å². The number of amides is 1. The maximum Gasteiger partial charge on any atom is 0.272 e. The first kappa shape index (κ1) is 19.4. The summed E-state index contributed by atoms with van der Waals surface area (Å²) in [6, 6.07) is 9.21. The van der Waals surface area contributed by atoms with Crippen molar-refractivity contribution >= 4 is 16.8 Å². The minimum absolute atomic E-state index is 0.0732. The van der Waals surface area contributed by atoms with E-state index in [0.29, 0.717) is 24.3 Å². The molecule has 0 aliphatic carbocycles. The number of benzene rings is 1. The lowest BCUT2D eigenvalue weighted by Gasteiger charge is -2.41. The van der Waals surface area contributed by atoms with E-state index in [0.717, 1.165) is 36.6 Å². The molecule has 1 aromatic heterocycles. The molecule has 2 saturated heterocycles. The largest absolute Gasteiger partial charge is 0.389 e. The molecular formula is C22H32N4O2. The fourth-order valence-corrected chi connectivity index (χ4v) is 5.00. The van der Waals surface area contributed by atoms with E-state index in [4.69, 9.17) is 0 Å². The van der Waals surface area contributed by atoms with Crippen molar-refractivity contribution in [3.63, 3.8) is 0 Å². The molecule has 2 atom stereocenters. The number of fused-ring (bicyclic) bond motifs is 3. The number of carbonyl (C=O) groups is 1. The molecule has 4 rings (SSSR count). The van der Waals surface area contributed by atoms with Crippen molar-refractivity contribution in [2.45, 2.75) is 83.1 Å². The normalized spacial score (nSPS) is 25.6. The van der Waals surface area contributed by atoms with E-state index in [2.05, 4.69) is 29.2 Å². The number of carbonyl (C=O) groups excluding carboxylic acids is 1. The van der Waals surface area contributed by atoms with Crippen LogP contribution in [0.3, 0.4) is 0 Å². The minimum Gasteiger partial charge on any atom is -0.389 e. The molecule has 3 heterocycles. The van der Waals surface area contributed by atoms with Crippen LogP contribution in [-0.4, -0.2) is 56.0 Å². The average molecular weight is 385 g/mol. The number of rotatable bonds is 5. The number of nitrogens with one attached hydrogen (secondary N) is 1. The smallest absolute Gasteiger partial charge is 0.272 e. The van der Waals surface area contributed by atoms with Crippen LogP contribution in [0.15, 0.2) is 24.3 Å². The maximum absolute atomic E-state index is 13.1. The second kappa shape index (κ2) is 7.16. The molecule has 0 saturated carbocycles. The van der Waals surface area contributed by atoms with Gasteiger partial charge in [-0.3, -0.25) is 14.4 Å². The Labute approximate surface area is 166 Å². The summed E-state index contributed by atoms with van der Waals surface area (Å²) in [7, 11) is 0. The van der Waals surface area contributed by atoms with Crippen molar-refractivity contribution in [1.82, 2.24) is 20.0 Å². The quantitative estimate of drug-likeness (QED) is 0.831. The minimum atomic E-state index is -0.681. The fourth-order valence-electron chi connectivity index (χ4n) is 5.00. The van der Waals surface area contributed by atoms with Crippen LogP contribution < -0.4 is 5.32 Å². The highest BCUT2D eigenvalue weighted by molar-refractivity contribution is 6.05. The van der Waals surface area contributed by atoms with Crippen molar-refractivity contribution in [3.8, 4) is 0 Å². The standard InChI is InChI=1S/C22H32N4O2/c1-14(2)26-19-8-6-5-7-18(19)20(24-26)21(27)23-15-11-16-9-10-17(12-15)25(16)13-22(3,4)28/h5-8,14-17,28H,9-13H2,1-4H3,(H,23,27). The Bertz CT molecular complexity index is 853. The first-order chi connectivity index (χ1) is 13.2. The molecule has 6 nitrogen and oxygen atoms in total. The first-order valence-corrected chi connectivity index (χ1v) is 10.5. The predicted molar refractivity (Wildman–Crippen MR) is 110 cm³/mol. The molecule has 2 aromatic rings. The molecule has 2 aliphatic rings. The highest BCUT2D eigenvalue weighted by atomic mass is 16.3. The van der Waals surface area contributed by atoms with Gasteiger partial charge in [0, 0.05) is 36.1 Å². The van der Waals surface area contributed by atoms with Crippen LogP contribution in [-0.2, 0) is 0 Å². The maximum atomic E-state index is 13.1. The van der Waals surface area contributed by atoms with E-state index < -0.39 is 5.60 Å². The van der Waals surface area contributed by atoms with Crippen LogP contribution in [0.5, 0.6) is 0 Å². The second-order valence-electron chi connectivity index (χ2n) is 9.42. The molecule has 152 valence electrons. The summed E-state index contributed by atoms with van der Waals surface area (Å²) in [5.74, 6) is -0.0732. The molecule has 6 heteroatoms. The van der Waals surface area contributed by atoms with Gasteiger partial charge in [-0.2, -0.15) is 5.10 Å². The molecule has 2 unspecified atom stereocenters. The van der Waals surface area contributed by atoms with E-state index in [1.165, 1.54) is 0 Å². The molecular weight excluding hydrogens is 352 g/mol. The monoisotopic (exact) mass is 384 g/mol. The van der Waals surface area contributed by atoms with Crippen LogP contribution in [0.25, 0.3) is 10.9 Å². The number of hydrogen-bond acceptors (Lipinski definition) is 4. The highest BCUT2D eigenvalue weighted by Gasteiger charge is 2.42. The van der Waals surface area contributed by atoms with Crippen molar-refractivity contribution < 1.29 is 9.90 Å². The summed E-state index contributed by atoms with van der Waals surface area (Å²) in [5.41, 5.74) is 0.845. The topological polar surface area (TPSA) is 70.4 Å². The Morgan fingerprint density at radius 3 is 2.50 bits per heavy atom. The Morgan fingerprint density at radius 1 is 1.25 bits per heavy atom. The van der Waals surface area contributed by atoms with Crippen LogP contribution in [0.1, 0.15) is 69.9 Å². The lowest BCUT2D eigenvalue weighted by atomic mass is 9.95. The number of nitrogens with zero attached hydrogens (tertiary/aromatic N) is 3. The Balaban J connectivity index is 1.49. The highest BCUT2D eigenvalue weighted by Crippen LogP contribution is 2.36. The van der Waals surface area contributed by atoms with Gasteiger partial charge in [0.05, 0.1) is 11.1 Å². The number of aliphatic hydroxyl groups is 1. The van der Waals surface area contributed by atoms with Gasteiger partial charge in [0.1, 0.15) is 0 Å². The summed E-state index contributed by atoms with van der Waals surface area (Å²) in [6.07, 6.45) is 4.19. The molecule has 28 heavy (non-hydrogen) atoms. The molecule has 0 radical (unpaired) electrons. The molecule has 2 aliphatic heterocycles. The number of hydrogen-bond donors (Lipinski definition) is 2. The van der Waals surface area contributed by atoms with Gasteiger partial charge in [0.25, 0.3) is 5.91 Å². The lowest BCUT2D eigenvalue weighted by molar-refractivity contribution is 0.00112. The molecule has 2 N–H and O–H groups in total. The second-order valence-corrected chi connectivity index (χ2v) is 9.42. The molecule has 2 bridgehead atoms. The third-order valence-electron chi connectivity index (χ3n) is 6.11. The van der Waals surface area contributed by atoms with Gasteiger partial charge in [0.15, 0.2) is 5.69 Å². The summed E-state index contributed by atoms with van der Waals surface area (Å²) < 4.78 is 1.93. The van der Waals surface area contributed by atoms with Gasteiger partial charge < -0.3 is 10.4 Å². The third kappa shape index (κ3) is 3.67. The first-order valence-electron chi connectivity index (χ1n) is 10.5. The number of piperidine rings is 1. The van der Waals surface area contributed by atoms with Crippen molar-refractivity contribution in [2.75, 3.05) is 6.54 Å². The van der Waals surface area contributed by atoms with Gasteiger partial charge in [-0.15, -0.1) is 0 Å². The Kier molecular flexibility index (Phi) is 4.96. The zero-order chi connectivity index (χ0) is 20.1. The fraction of sp³-hybridized carbons (Fsp3) is 0.636. The lowest BCUT2D eigenvalue weighted by Crippen LogP contribution is -2.53. The van der Waals surface area contributed by atoms with Crippen LogP contribution >= 0.6 is 0 Å². The third-order valence-corrected chi connectivity index (χ3v) is 6.11. The number of para-hydroxylation sites is 1. The van der Waals surface area contributed by atoms with E-state index in [1.54, 1.807) is 0 Å². The summed E-state index contributed by atoms with van der Waals surface area (Å²) in [5, 5.41) is 19.0. The predicted octanol–water partition coefficient (Wildman–Crippen LogP) is 3.11. The Morgan fingerprint density at radius 2 is 1.89 bits per heavy atom. The summed E-state index contributed by atoms with van der Waals surface area (Å²) in [4.78, 5) is 15.5. The van der Waals surface area contributed by atoms with Crippen LogP contribution in [0.4, 0.5) is 0 Å². The van der Waals surface area contributed by atoms with Crippen molar-refractivity contribution in [3.05, 3.63) is 30.0 Å². The summed E-state index contributed by atoms with van der Waals surface area (Å²) in [6.45, 7) is 8.60. The van der Waals surface area contributed by atoms with Gasteiger partial charge in [-0.25, -0.2) is 0 Å². The molecule has 1 aromatic carbocycles. The van der Waals surface area contributed by atoms with Crippen LogP contribution in [0.2, 0.25) is 0 Å². The van der Waals surface area contributed by atoms with E-state index >= 15 is 0 Å². The van der Waals surface area contributed by atoms with Gasteiger partial charge >= 0.3 is 0 Å². The average Bonchev–Trinajstić information content (AvgIpc) is 3.09. The zero-order valence-corrected chi connectivity index (χ0v) is 17.4. The van der Waals surface area contributed by atoms with Gasteiger partial charge in [0.2, 0.25) is 0 Å². The number of aromatic nitrogens is 2. The van der Waals surface area contributed by atoms with Gasteiger partial charge in [-0.05, 0) is 59.4 Å². The SMILES string of the molecule is CC(C)n1nc(C(=O)NC2CC3CCC(C2)N3CC(C)(C)O)c2ccccc21.